The number of carboxylic acid groups (broad SMARTS) is 1. The highest BCUT2D eigenvalue weighted by atomic mass is 16.6. The Morgan fingerprint density at radius 2 is 2.57 bits per heavy atom. The number of aromatic carboxylic acids is 1. The first-order chi connectivity index (χ1) is 7.70. The van der Waals surface area contributed by atoms with Gasteiger partial charge in [0.05, 0.1) is 22.1 Å². The van der Waals surface area contributed by atoms with E-state index in [1.165, 1.54) is 0 Å². The Bertz CT molecular complexity index is 473. The minimum Gasteiger partial charge on any atom is -0.494 e. The fourth-order valence-corrected chi connectivity index (χ4v) is 0.773. The molecule has 0 unspecified atom stereocenters. The van der Waals surface area contributed by atoms with Crippen LogP contribution in [0.2, 0.25) is 0 Å². The van der Waals surface area contributed by atoms with Gasteiger partial charge in [-0.05, 0) is 0 Å². The lowest BCUT2D eigenvalue weighted by atomic mass is 10.3. The molecule has 0 spiro atoms. The number of nitro groups is 1. The number of pyridine rings is 1. The molecule has 7 nitrogen and oxygen atoms in total. The Hall–Kier alpha value is -2.18. The normalized spacial score (nSPS) is 13.6. The van der Waals surface area contributed by atoms with E-state index >= 15 is 0 Å². The van der Waals surface area contributed by atoms with Gasteiger partial charge in [0.1, 0.15) is 6.20 Å². The molecule has 1 N–H and O–H groups in total. The van der Waals surface area contributed by atoms with E-state index in [1.807, 2.05) is 0 Å². The maximum absolute atomic E-state index is 10.7. The number of carbonyl (C=O) groups is 1. The number of ether oxygens (including phenoxy) is 1. The van der Waals surface area contributed by atoms with E-state index in [2.05, 4.69) is 9.72 Å². The molecule has 0 saturated heterocycles. The third-order valence-electron chi connectivity index (χ3n) is 1.36. The zero-order valence-electron chi connectivity index (χ0n) is 9.63. The largest absolute Gasteiger partial charge is 0.494 e. The summed E-state index contributed by atoms with van der Waals surface area (Å²) in [6.45, 7) is 0. The zero-order chi connectivity index (χ0) is 13.2. The van der Waals surface area contributed by atoms with Crippen molar-refractivity contribution in [2.75, 3.05) is 7.04 Å². The number of nitrogens with zero attached hydrogens (tertiary/aromatic N) is 2. The summed E-state index contributed by atoms with van der Waals surface area (Å²) in [5, 5.41) is 19.1. The van der Waals surface area contributed by atoms with E-state index < -0.39 is 35.1 Å². The second kappa shape index (κ2) is 3.69. The first-order valence-electron chi connectivity index (χ1n) is 4.77. The van der Waals surface area contributed by atoms with Crippen molar-refractivity contribution in [3.63, 3.8) is 0 Å². The van der Waals surface area contributed by atoms with Gasteiger partial charge in [0.2, 0.25) is 0 Å². The smallest absolute Gasteiger partial charge is 0.358 e. The Labute approximate surface area is 82.3 Å². The number of methoxy groups -OCH3 is 1. The van der Waals surface area contributed by atoms with Crippen LogP contribution in [-0.4, -0.2) is 28.0 Å². The topological polar surface area (TPSA) is 103 Å². The number of carboxylic acids is 1. The Kier molecular flexibility index (Phi) is 1.66. The van der Waals surface area contributed by atoms with E-state index in [1.54, 1.807) is 0 Å². The van der Waals surface area contributed by atoms with Crippen molar-refractivity contribution >= 4 is 11.7 Å². The molecule has 0 aliphatic heterocycles. The quantitative estimate of drug-likeness (QED) is 0.570. The van der Waals surface area contributed by atoms with E-state index in [-0.39, 0.29) is 0 Å². The summed E-state index contributed by atoms with van der Waals surface area (Å²) in [4.78, 5) is 23.5. The zero-order valence-corrected chi connectivity index (χ0v) is 6.63. The Morgan fingerprint density at radius 1 is 1.86 bits per heavy atom. The van der Waals surface area contributed by atoms with Crippen LogP contribution >= 0.6 is 0 Å². The van der Waals surface area contributed by atoms with Crippen LogP contribution in [0.15, 0.2) is 12.3 Å². The van der Waals surface area contributed by atoms with Gasteiger partial charge in [-0.2, -0.15) is 0 Å². The SMILES string of the molecule is [2H]C([2H])([2H])Oc1cc([N+](=O)[O-])cnc1C(=O)O. The molecule has 74 valence electrons. The summed E-state index contributed by atoms with van der Waals surface area (Å²) >= 11 is 0. The lowest BCUT2D eigenvalue weighted by molar-refractivity contribution is -0.385. The molecule has 1 heterocycles. The van der Waals surface area contributed by atoms with Gasteiger partial charge < -0.3 is 9.84 Å². The van der Waals surface area contributed by atoms with Gasteiger partial charge in [0.25, 0.3) is 5.69 Å². The molecule has 1 aromatic heterocycles. The molecule has 0 saturated carbocycles. The average Bonchev–Trinajstić information content (AvgIpc) is 2.14. The molecule has 0 bridgehead atoms. The van der Waals surface area contributed by atoms with Crippen molar-refractivity contribution in [1.29, 1.82) is 0 Å². The second-order valence-corrected chi connectivity index (χ2v) is 2.20. The van der Waals surface area contributed by atoms with Crippen LogP contribution in [-0.2, 0) is 0 Å². The highest BCUT2D eigenvalue weighted by molar-refractivity contribution is 5.88. The summed E-state index contributed by atoms with van der Waals surface area (Å²) in [6, 6.07) is 0.697. The van der Waals surface area contributed by atoms with Gasteiger partial charge in [-0.15, -0.1) is 0 Å². The van der Waals surface area contributed by atoms with Crippen molar-refractivity contribution in [3.05, 3.63) is 28.1 Å². The van der Waals surface area contributed by atoms with Crippen molar-refractivity contribution in [2.24, 2.45) is 0 Å². The van der Waals surface area contributed by atoms with E-state index in [9.17, 15) is 14.9 Å². The molecule has 0 fully saturated rings. The lowest BCUT2D eigenvalue weighted by Gasteiger charge is -2.02. The minimum absolute atomic E-state index is 0.561. The second-order valence-electron chi connectivity index (χ2n) is 2.20. The van der Waals surface area contributed by atoms with Crippen LogP contribution in [0.4, 0.5) is 5.69 Å². The summed E-state index contributed by atoms with van der Waals surface area (Å²) in [5.74, 6) is -2.22. The number of hydrogen-bond donors (Lipinski definition) is 1. The molecule has 14 heavy (non-hydrogen) atoms. The maximum Gasteiger partial charge on any atom is 0.358 e. The number of aromatic nitrogens is 1. The van der Waals surface area contributed by atoms with Crippen LogP contribution in [0.5, 0.6) is 5.75 Å². The molecule has 0 radical (unpaired) electrons. The van der Waals surface area contributed by atoms with Crippen LogP contribution in [0.25, 0.3) is 0 Å². The predicted octanol–water partition coefficient (Wildman–Crippen LogP) is 0.697. The predicted molar refractivity (Wildman–Crippen MR) is 44.4 cm³/mol. The van der Waals surface area contributed by atoms with Crippen molar-refractivity contribution in [3.8, 4) is 5.75 Å². The molecular weight excluding hydrogens is 192 g/mol. The summed E-state index contributed by atoms with van der Waals surface area (Å²) in [6.07, 6.45) is 0.704. The van der Waals surface area contributed by atoms with Crippen LogP contribution < -0.4 is 4.74 Å². The van der Waals surface area contributed by atoms with Gasteiger partial charge in [0.15, 0.2) is 11.4 Å². The van der Waals surface area contributed by atoms with E-state index in [0.717, 1.165) is 0 Å². The molecule has 0 amide bonds. The fourth-order valence-electron chi connectivity index (χ4n) is 0.773. The van der Waals surface area contributed by atoms with Gasteiger partial charge in [-0.3, -0.25) is 10.1 Å². The summed E-state index contributed by atoms with van der Waals surface area (Å²) in [5.41, 5.74) is -1.26. The first-order valence-corrected chi connectivity index (χ1v) is 3.27. The molecule has 0 atom stereocenters. The first kappa shape index (κ1) is 6.30. The molecule has 7 heteroatoms. The van der Waals surface area contributed by atoms with Crippen LogP contribution in [0.3, 0.4) is 0 Å². The molecule has 0 aliphatic rings. The molecular formula is C7H6N2O5. The summed E-state index contributed by atoms with van der Waals surface area (Å²) in [7, 11) is -2.92. The molecule has 1 rings (SSSR count). The van der Waals surface area contributed by atoms with Crippen molar-refractivity contribution in [1.82, 2.24) is 4.98 Å². The standard InChI is InChI=1S/C7H6N2O5/c1-14-5-2-4(9(12)13)3-8-6(5)7(10)11/h2-3H,1H3,(H,10,11)/i1D3. The third-order valence-corrected chi connectivity index (χ3v) is 1.36. The monoisotopic (exact) mass is 201 g/mol. The molecule has 0 aliphatic carbocycles. The lowest BCUT2D eigenvalue weighted by Crippen LogP contribution is -2.04. The average molecular weight is 201 g/mol. The van der Waals surface area contributed by atoms with E-state index in [0.29, 0.717) is 12.3 Å². The van der Waals surface area contributed by atoms with Crippen molar-refractivity contribution < 1.29 is 23.7 Å². The fraction of sp³-hybridized carbons (Fsp3) is 0.143. The maximum atomic E-state index is 10.7. The van der Waals surface area contributed by atoms with E-state index in [4.69, 9.17) is 9.22 Å². The highest BCUT2D eigenvalue weighted by Crippen LogP contribution is 2.21. The van der Waals surface area contributed by atoms with Crippen molar-refractivity contribution in [2.45, 2.75) is 0 Å². The van der Waals surface area contributed by atoms with Gasteiger partial charge in [0, 0.05) is 0 Å². The van der Waals surface area contributed by atoms with Gasteiger partial charge >= 0.3 is 5.97 Å². The van der Waals surface area contributed by atoms with Gasteiger partial charge in [-0.25, -0.2) is 9.78 Å². The van der Waals surface area contributed by atoms with Gasteiger partial charge in [-0.1, -0.05) is 0 Å². The molecule has 0 aromatic carbocycles. The van der Waals surface area contributed by atoms with Crippen LogP contribution in [0, 0.1) is 10.1 Å². The minimum atomic E-state index is -2.92. The third kappa shape index (κ3) is 1.76. The summed E-state index contributed by atoms with van der Waals surface area (Å²) < 4.78 is 24.8. The number of hydrogen-bond acceptors (Lipinski definition) is 5. The Balaban J connectivity index is 3.25. The molecule has 1 aromatic rings. The van der Waals surface area contributed by atoms with Crippen LogP contribution in [0.1, 0.15) is 14.6 Å². The Morgan fingerprint density at radius 3 is 3.07 bits per heavy atom. The highest BCUT2D eigenvalue weighted by Gasteiger charge is 2.17. The number of rotatable bonds is 3.